The summed E-state index contributed by atoms with van der Waals surface area (Å²) in [6.07, 6.45) is 3.38. The van der Waals surface area contributed by atoms with Gasteiger partial charge >= 0.3 is 0 Å². The monoisotopic (exact) mass is 281 g/mol. The van der Waals surface area contributed by atoms with Crippen molar-refractivity contribution in [1.29, 1.82) is 0 Å². The van der Waals surface area contributed by atoms with Gasteiger partial charge in [0.05, 0.1) is 0 Å². The van der Waals surface area contributed by atoms with Crippen LogP contribution in [0.2, 0.25) is 18.1 Å². The number of nitrogens with zero attached hydrogens (tertiary/aromatic N) is 2. The van der Waals surface area contributed by atoms with Crippen LogP contribution >= 0.6 is 0 Å². The average molecular weight is 281 g/mol. The number of hydrogen-bond donors (Lipinski definition) is 1. The molecule has 19 heavy (non-hydrogen) atoms. The molecule has 108 valence electrons. The molecule has 2 N–H and O–H groups in total. The van der Waals surface area contributed by atoms with Crippen molar-refractivity contribution in [3.63, 3.8) is 0 Å². The van der Waals surface area contributed by atoms with Gasteiger partial charge < -0.3 is 10.2 Å². The number of nitrogens with two attached hydrogens (primary N) is 1. The first-order chi connectivity index (χ1) is 8.76. The van der Waals surface area contributed by atoms with Crippen molar-refractivity contribution in [2.24, 2.45) is 5.73 Å². The molecule has 1 aromatic rings. The number of hydrogen-bond acceptors (Lipinski definition) is 4. The minimum absolute atomic E-state index is 0.253. The molecule has 0 bridgehead atoms. The van der Waals surface area contributed by atoms with Crippen molar-refractivity contribution in [3.8, 4) is 0 Å². The summed E-state index contributed by atoms with van der Waals surface area (Å²) in [4.78, 5) is 8.69. The first-order valence-electron chi connectivity index (χ1n) is 6.91. The van der Waals surface area contributed by atoms with Crippen molar-refractivity contribution in [3.05, 3.63) is 23.8 Å². The smallest absolute Gasteiger partial charge is 0.191 e. The van der Waals surface area contributed by atoms with Crippen LogP contribution in [0.25, 0.3) is 0 Å². The van der Waals surface area contributed by atoms with Gasteiger partial charge in [-0.2, -0.15) is 0 Å². The average Bonchev–Trinajstić information content (AvgIpc) is 2.28. The van der Waals surface area contributed by atoms with Crippen LogP contribution in [0.5, 0.6) is 0 Å². The standard InChI is InChI=1S/C14H27N3OSi/c1-14(2,3)19(4,5)18-11-8-12-7-10-16-13(17-12)6-9-15/h7,10H,6,8-9,11,15H2,1-5H3. The summed E-state index contributed by atoms with van der Waals surface area (Å²) in [5.74, 6) is 0.826. The Morgan fingerprint density at radius 1 is 1.26 bits per heavy atom. The molecule has 0 aliphatic heterocycles. The molecule has 1 aromatic heterocycles. The molecule has 0 aliphatic carbocycles. The van der Waals surface area contributed by atoms with Crippen LogP contribution in [-0.2, 0) is 17.3 Å². The summed E-state index contributed by atoms with van der Waals surface area (Å²) in [5.41, 5.74) is 6.56. The van der Waals surface area contributed by atoms with E-state index in [-0.39, 0.29) is 5.04 Å². The van der Waals surface area contributed by atoms with Gasteiger partial charge in [0, 0.05) is 31.3 Å². The van der Waals surface area contributed by atoms with E-state index in [4.69, 9.17) is 10.2 Å². The first-order valence-corrected chi connectivity index (χ1v) is 9.82. The fourth-order valence-electron chi connectivity index (χ4n) is 1.46. The molecule has 0 spiro atoms. The van der Waals surface area contributed by atoms with E-state index in [2.05, 4.69) is 43.8 Å². The van der Waals surface area contributed by atoms with Gasteiger partial charge in [-0.25, -0.2) is 9.97 Å². The Labute approximate surface area is 117 Å². The largest absolute Gasteiger partial charge is 0.416 e. The molecule has 4 nitrogen and oxygen atoms in total. The van der Waals surface area contributed by atoms with Crippen molar-refractivity contribution < 1.29 is 4.43 Å². The normalized spacial score (nSPS) is 12.7. The lowest BCUT2D eigenvalue weighted by molar-refractivity contribution is 0.290. The maximum atomic E-state index is 6.15. The van der Waals surface area contributed by atoms with Gasteiger partial charge in [0.25, 0.3) is 0 Å². The maximum absolute atomic E-state index is 6.15. The molecule has 0 amide bonds. The van der Waals surface area contributed by atoms with Crippen LogP contribution in [0, 0.1) is 0 Å². The molecule has 0 aromatic carbocycles. The molecule has 5 heteroatoms. The highest BCUT2D eigenvalue weighted by Crippen LogP contribution is 2.36. The summed E-state index contributed by atoms with van der Waals surface area (Å²) < 4.78 is 6.15. The highest BCUT2D eigenvalue weighted by Gasteiger charge is 2.36. The van der Waals surface area contributed by atoms with E-state index in [1.807, 2.05) is 6.07 Å². The van der Waals surface area contributed by atoms with Gasteiger partial charge in [-0.15, -0.1) is 0 Å². The van der Waals surface area contributed by atoms with E-state index in [0.717, 1.165) is 31.0 Å². The van der Waals surface area contributed by atoms with Gasteiger partial charge in [-0.05, 0) is 30.7 Å². The molecule has 1 heterocycles. The molecular formula is C14H27N3OSi. The van der Waals surface area contributed by atoms with Crippen LogP contribution in [0.3, 0.4) is 0 Å². The zero-order valence-corrected chi connectivity index (χ0v) is 13.9. The summed E-state index contributed by atoms with van der Waals surface area (Å²) in [7, 11) is -1.65. The van der Waals surface area contributed by atoms with E-state index in [0.29, 0.717) is 6.54 Å². The SMILES string of the molecule is CC(C)(C)[Si](C)(C)OCCc1ccnc(CCN)n1. The van der Waals surface area contributed by atoms with Gasteiger partial charge in [-0.1, -0.05) is 20.8 Å². The predicted molar refractivity (Wildman–Crippen MR) is 81.6 cm³/mol. The van der Waals surface area contributed by atoms with E-state index in [1.54, 1.807) is 6.20 Å². The third-order valence-electron chi connectivity index (χ3n) is 3.76. The highest BCUT2D eigenvalue weighted by molar-refractivity contribution is 6.74. The van der Waals surface area contributed by atoms with Crippen LogP contribution in [-0.4, -0.2) is 31.4 Å². The second kappa shape index (κ2) is 6.59. The summed E-state index contributed by atoms with van der Waals surface area (Å²) in [6, 6.07) is 1.95. The molecule has 0 atom stereocenters. The summed E-state index contributed by atoms with van der Waals surface area (Å²) in [6.45, 7) is 12.6. The third-order valence-corrected chi connectivity index (χ3v) is 8.30. The molecule has 0 radical (unpaired) electrons. The Hall–Kier alpha value is -0.783. The van der Waals surface area contributed by atoms with E-state index >= 15 is 0 Å². The van der Waals surface area contributed by atoms with Gasteiger partial charge in [0.2, 0.25) is 0 Å². The van der Waals surface area contributed by atoms with Crippen LogP contribution < -0.4 is 5.73 Å². The Morgan fingerprint density at radius 3 is 2.53 bits per heavy atom. The Kier molecular flexibility index (Phi) is 5.64. The van der Waals surface area contributed by atoms with Gasteiger partial charge in [0.1, 0.15) is 5.82 Å². The summed E-state index contributed by atoms with van der Waals surface area (Å²) >= 11 is 0. The molecule has 1 rings (SSSR count). The molecule has 0 saturated heterocycles. The minimum Gasteiger partial charge on any atom is -0.416 e. The molecule has 0 fully saturated rings. The zero-order chi connectivity index (χ0) is 14.5. The lowest BCUT2D eigenvalue weighted by atomic mass is 10.2. The minimum atomic E-state index is -1.65. The lowest BCUT2D eigenvalue weighted by Gasteiger charge is -2.36. The quantitative estimate of drug-likeness (QED) is 0.814. The Bertz CT molecular complexity index is 402. The molecule has 0 aliphatic rings. The summed E-state index contributed by atoms with van der Waals surface area (Å²) in [5, 5.41) is 0.253. The number of rotatable bonds is 6. The van der Waals surface area contributed by atoms with Gasteiger partial charge in [0.15, 0.2) is 8.32 Å². The lowest BCUT2D eigenvalue weighted by Crippen LogP contribution is -2.41. The topological polar surface area (TPSA) is 61.0 Å². The van der Waals surface area contributed by atoms with Crippen LogP contribution in [0.1, 0.15) is 32.3 Å². The third kappa shape index (κ3) is 5.01. The van der Waals surface area contributed by atoms with E-state index in [9.17, 15) is 0 Å². The second-order valence-electron chi connectivity index (χ2n) is 6.36. The predicted octanol–water partition coefficient (Wildman–Crippen LogP) is 2.54. The Morgan fingerprint density at radius 2 is 1.95 bits per heavy atom. The van der Waals surface area contributed by atoms with Crippen molar-refractivity contribution in [2.45, 2.75) is 51.7 Å². The fourth-order valence-corrected chi connectivity index (χ4v) is 2.50. The van der Waals surface area contributed by atoms with E-state index in [1.165, 1.54) is 0 Å². The van der Waals surface area contributed by atoms with Crippen LogP contribution in [0.4, 0.5) is 0 Å². The van der Waals surface area contributed by atoms with E-state index < -0.39 is 8.32 Å². The maximum Gasteiger partial charge on any atom is 0.191 e. The first kappa shape index (κ1) is 16.3. The molecular weight excluding hydrogens is 254 g/mol. The molecule has 0 saturated carbocycles. The van der Waals surface area contributed by atoms with Crippen molar-refractivity contribution in [1.82, 2.24) is 9.97 Å². The Balaban J connectivity index is 2.51. The molecule has 0 unspecified atom stereocenters. The number of aromatic nitrogens is 2. The fraction of sp³-hybridized carbons (Fsp3) is 0.714. The van der Waals surface area contributed by atoms with Crippen molar-refractivity contribution in [2.75, 3.05) is 13.2 Å². The second-order valence-corrected chi connectivity index (χ2v) is 11.2. The van der Waals surface area contributed by atoms with Crippen LogP contribution in [0.15, 0.2) is 12.3 Å². The van der Waals surface area contributed by atoms with Crippen molar-refractivity contribution >= 4 is 8.32 Å². The highest BCUT2D eigenvalue weighted by atomic mass is 28.4. The zero-order valence-electron chi connectivity index (χ0n) is 12.9. The van der Waals surface area contributed by atoms with Gasteiger partial charge in [-0.3, -0.25) is 0 Å².